The topological polar surface area (TPSA) is 32.5 Å². The number of hydrogen-bond donors (Lipinski definition) is 1. The van der Waals surface area contributed by atoms with Gasteiger partial charge in [0.25, 0.3) is 0 Å². The van der Waals surface area contributed by atoms with Crippen LogP contribution in [0.5, 0.6) is 0 Å². The number of nitrogens with zero attached hydrogens (tertiary/aromatic N) is 2. The fourth-order valence-corrected chi connectivity index (χ4v) is 4.44. The van der Waals surface area contributed by atoms with Crippen molar-refractivity contribution in [3.8, 4) is 0 Å². The van der Waals surface area contributed by atoms with Crippen molar-refractivity contribution in [2.24, 2.45) is 0 Å². The minimum atomic E-state index is -0.259. The van der Waals surface area contributed by atoms with Gasteiger partial charge in [0.15, 0.2) is 0 Å². The van der Waals surface area contributed by atoms with Crippen LogP contribution < -0.4 is 10.6 Å². The normalized spacial score (nSPS) is 17.2. The summed E-state index contributed by atoms with van der Waals surface area (Å²) in [5.74, 6) is -0.259. The molecular formula is C23H25BrFN3. The minimum Gasteiger partial charge on any atom is -0.397 e. The van der Waals surface area contributed by atoms with Gasteiger partial charge in [-0.1, -0.05) is 40.7 Å². The first-order chi connectivity index (χ1) is 13.5. The van der Waals surface area contributed by atoms with E-state index in [2.05, 4.69) is 62.7 Å². The van der Waals surface area contributed by atoms with Crippen molar-refractivity contribution in [1.29, 1.82) is 0 Å². The van der Waals surface area contributed by atoms with Crippen molar-refractivity contribution < 1.29 is 4.39 Å². The van der Waals surface area contributed by atoms with Crippen LogP contribution in [0.4, 0.5) is 15.8 Å². The molecule has 0 spiro atoms. The summed E-state index contributed by atoms with van der Waals surface area (Å²) in [6, 6.07) is 11.5. The molecule has 2 heterocycles. The Bertz CT molecular complexity index is 920. The zero-order valence-electron chi connectivity index (χ0n) is 15.9. The van der Waals surface area contributed by atoms with E-state index in [1.165, 1.54) is 17.2 Å². The van der Waals surface area contributed by atoms with E-state index in [1.54, 1.807) is 6.07 Å². The Balaban J connectivity index is 1.44. The first-order valence-corrected chi connectivity index (χ1v) is 10.5. The number of nitrogen functional groups attached to an aromatic ring is 1. The molecule has 2 aromatic rings. The molecule has 0 bridgehead atoms. The zero-order valence-corrected chi connectivity index (χ0v) is 17.5. The molecule has 0 saturated carbocycles. The molecule has 2 aliphatic heterocycles. The molecule has 0 aliphatic carbocycles. The molecule has 28 heavy (non-hydrogen) atoms. The van der Waals surface area contributed by atoms with Crippen molar-refractivity contribution in [1.82, 2.24) is 4.90 Å². The summed E-state index contributed by atoms with van der Waals surface area (Å²) in [6.45, 7) is 7.91. The molecule has 0 radical (unpaired) electrons. The van der Waals surface area contributed by atoms with Gasteiger partial charge < -0.3 is 10.6 Å². The Morgan fingerprint density at radius 1 is 1.14 bits per heavy atom. The average Bonchev–Trinajstić information content (AvgIpc) is 2.68. The SMILES string of the molecule is C=C(CN1CC=C(c2ccc(Br)cc2)CC1)N1CCCc2cc(F)cc(N)c21. The van der Waals surface area contributed by atoms with Crippen LogP contribution in [0.1, 0.15) is 24.0 Å². The van der Waals surface area contributed by atoms with E-state index in [-0.39, 0.29) is 5.82 Å². The summed E-state index contributed by atoms with van der Waals surface area (Å²) in [5, 5.41) is 0. The lowest BCUT2D eigenvalue weighted by Crippen LogP contribution is -2.37. The third-order valence-corrected chi connectivity index (χ3v) is 6.11. The predicted molar refractivity (Wildman–Crippen MR) is 119 cm³/mol. The quantitative estimate of drug-likeness (QED) is 0.659. The van der Waals surface area contributed by atoms with Gasteiger partial charge in [-0.3, -0.25) is 4.90 Å². The van der Waals surface area contributed by atoms with E-state index in [0.717, 1.165) is 66.9 Å². The summed E-state index contributed by atoms with van der Waals surface area (Å²) < 4.78 is 14.8. The lowest BCUT2D eigenvalue weighted by atomic mass is 9.98. The number of hydrogen-bond acceptors (Lipinski definition) is 3. The number of anilines is 2. The Morgan fingerprint density at radius 3 is 2.64 bits per heavy atom. The van der Waals surface area contributed by atoms with Gasteiger partial charge in [-0.15, -0.1) is 0 Å². The highest BCUT2D eigenvalue weighted by atomic mass is 79.9. The highest BCUT2D eigenvalue weighted by molar-refractivity contribution is 9.10. The molecule has 5 heteroatoms. The number of aryl methyl sites for hydroxylation is 1. The number of fused-ring (bicyclic) bond motifs is 1. The van der Waals surface area contributed by atoms with Crippen LogP contribution in [0.15, 0.2) is 59.2 Å². The van der Waals surface area contributed by atoms with E-state index < -0.39 is 0 Å². The first-order valence-electron chi connectivity index (χ1n) is 9.72. The zero-order chi connectivity index (χ0) is 19.7. The van der Waals surface area contributed by atoms with Gasteiger partial charge in [0.1, 0.15) is 5.82 Å². The third kappa shape index (κ3) is 4.01. The molecular weight excluding hydrogens is 417 g/mol. The van der Waals surface area contributed by atoms with Crippen LogP contribution in [0.25, 0.3) is 5.57 Å². The van der Waals surface area contributed by atoms with Crippen LogP contribution in [0.3, 0.4) is 0 Å². The number of halogens is 2. The second-order valence-corrected chi connectivity index (χ2v) is 8.46. The Kier molecular flexibility index (Phi) is 5.56. The summed E-state index contributed by atoms with van der Waals surface area (Å²) in [4.78, 5) is 4.58. The number of rotatable bonds is 4. The largest absolute Gasteiger partial charge is 0.397 e. The Labute approximate surface area is 174 Å². The van der Waals surface area contributed by atoms with Crippen LogP contribution in [0, 0.1) is 5.82 Å². The van der Waals surface area contributed by atoms with E-state index in [4.69, 9.17) is 5.73 Å². The monoisotopic (exact) mass is 441 g/mol. The Morgan fingerprint density at radius 2 is 1.93 bits per heavy atom. The lowest BCUT2D eigenvalue weighted by molar-refractivity contribution is 0.324. The maximum absolute atomic E-state index is 13.7. The van der Waals surface area contributed by atoms with Crippen LogP contribution in [-0.4, -0.2) is 31.1 Å². The van der Waals surface area contributed by atoms with Gasteiger partial charge in [0, 0.05) is 36.3 Å². The summed E-state index contributed by atoms with van der Waals surface area (Å²) in [7, 11) is 0. The van der Waals surface area contributed by atoms with Crippen LogP contribution >= 0.6 is 15.9 Å². The van der Waals surface area contributed by atoms with Crippen molar-refractivity contribution in [2.75, 3.05) is 36.8 Å². The first kappa shape index (κ1) is 19.2. The fourth-order valence-electron chi connectivity index (χ4n) is 4.18. The van der Waals surface area contributed by atoms with Crippen LogP contribution in [-0.2, 0) is 6.42 Å². The summed E-state index contributed by atoms with van der Waals surface area (Å²) in [6.07, 6.45) is 5.19. The maximum Gasteiger partial charge on any atom is 0.125 e. The van der Waals surface area contributed by atoms with E-state index >= 15 is 0 Å². The molecule has 0 atom stereocenters. The van der Waals surface area contributed by atoms with Gasteiger partial charge in [0.2, 0.25) is 0 Å². The highest BCUT2D eigenvalue weighted by Crippen LogP contribution is 2.36. The number of benzene rings is 2. The van der Waals surface area contributed by atoms with E-state index in [0.29, 0.717) is 5.69 Å². The molecule has 146 valence electrons. The molecule has 0 saturated heterocycles. The molecule has 3 nitrogen and oxygen atoms in total. The van der Waals surface area contributed by atoms with Gasteiger partial charge in [-0.05, 0) is 60.2 Å². The lowest BCUT2D eigenvalue weighted by Gasteiger charge is -2.36. The molecule has 2 N–H and O–H groups in total. The summed E-state index contributed by atoms with van der Waals surface area (Å²) in [5.41, 5.74) is 12.3. The summed E-state index contributed by atoms with van der Waals surface area (Å²) >= 11 is 3.49. The van der Waals surface area contributed by atoms with Gasteiger partial charge in [-0.2, -0.15) is 0 Å². The molecule has 0 amide bonds. The molecule has 0 unspecified atom stereocenters. The molecule has 2 aliphatic rings. The van der Waals surface area contributed by atoms with Crippen molar-refractivity contribution in [3.05, 3.63) is 76.2 Å². The van der Waals surface area contributed by atoms with Crippen molar-refractivity contribution >= 4 is 32.9 Å². The van der Waals surface area contributed by atoms with Gasteiger partial charge in [-0.25, -0.2) is 4.39 Å². The molecule has 0 fully saturated rings. The highest BCUT2D eigenvalue weighted by Gasteiger charge is 2.24. The van der Waals surface area contributed by atoms with Gasteiger partial charge >= 0.3 is 0 Å². The average molecular weight is 442 g/mol. The molecule has 2 aromatic carbocycles. The predicted octanol–water partition coefficient (Wildman–Crippen LogP) is 5.23. The standard InChI is InChI=1S/C23H25BrFN3/c1-16(28-10-2-3-19-13-21(25)14-22(26)23(19)28)15-27-11-8-18(9-12-27)17-4-6-20(24)7-5-17/h4-8,13-14H,1-3,9-12,15,26H2. The molecule has 4 rings (SSSR count). The van der Waals surface area contributed by atoms with E-state index in [9.17, 15) is 4.39 Å². The van der Waals surface area contributed by atoms with Crippen molar-refractivity contribution in [3.63, 3.8) is 0 Å². The van der Waals surface area contributed by atoms with Crippen molar-refractivity contribution in [2.45, 2.75) is 19.3 Å². The Hall–Kier alpha value is -2.11. The molecule has 0 aromatic heterocycles. The second-order valence-electron chi connectivity index (χ2n) is 7.55. The third-order valence-electron chi connectivity index (χ3n) is 5.58. The minimum absolute atomic E-state index is 0.259. The van der Waals surface area contributed by atoms with Crippen LogP contribution in [0.2, 0.25) is 0 Å². The fraction of sp³-hybridized carbons (Fsp3) is 0.304. The smallest absolute Gasteiger partial charge is 0.125 e. The number of nitrogens with two attached hydrogens (primary N) is 1. The second kappa shape index (κ2) is 8.10. The van der Waals surface area contributed by atoms with Gasteiger partial charge in [0.05, 0.1) is 11.4 Å². The van der Waals surface area contributed by atoms with E-state index in [1.807, 2.05) is 0 Å². The maximum atomic E-state index is 13.7.